The molecule has 2 aromatic carbocycles. The van der Waals surface area contributed by atoms with Crippen molar-refractivity contribution in [2.45, 2.75) is 25.9 Å². The molecule has 1 aliphatic rings. The number of aromatic nitrogens is 6. The molecule has 0 bridgehead atoms. The molecule has 1 aliphatic heterocycles. The Morgan fingerprint density at radius 2 is 2.06 bits per heavy atom. The summed E-state index contributed by atoms with van der Waals surface area (Å²) in [5.41, 5.74) is 4.83. The minimum Gasteiger partial charge on any atom is -0.360 e. The fraction of sp³-hybridized carbons (Fsp3) is 0.208. The van der Waals surface area contributed by atoms with Crippen molar-refractivity contribution in [2.75, 3.05) is 11.9 Å². The van der Waals surface area contributed by atoms with E-state index < -0.39 is 0 Å². The van der Waals surface area contributed by atoms with Crippen molar-refractivity contribution in [2.24, 2.45) is 0 Å². The molecule has 176 valence electrons. The molecule has 1 unspecified atom stereocenters. The van der Waals surface area contributed by atoms with E-state index in [4.69, 9.17) is 23.2 Å². The number of anilines is 1. The molecule has 1 atom stereocenters. The van der Waals surface area contributed by atoms with Gasteiger partial charge in [0.1, 0.15) is 18.0 Å². The number of amides is 1. The third-order valence-electron chi connectivity index (χ3n) is 6.27. The Bertz CT molecular complexity index is 1590. The van der Waals surface area contributed by atoms with E-state index in [0.717, 1.165) is 39.9 Å². The first-order valence-corrected chi connectivity index (χ1v) is 11.9. The molecule has 11 heteroatoms. The summed E-state index contributed by atoms with van der Waals surface area (Å²) in [5, 5.41) is 12.2. The van der Waals surface area contributed by atoms with E-state index in [2.05, 4.69) is 35.5 Å². The number of rotatable bonds is 4. The summed E-state index contributed by atoms with van der Waals surface area (Å²) in [5.74, 6) is 1.21. The minimum absolute atomic E-state index is 0.133. The fourth-order valence-electron chi connectivity index (χ4n) is 4.40. The van der Waals surface area contributed by atoms with Gasteiger partial charge in [0.15, 0.2) is 0 Å². The lowest BCUT2D eigenvalue weighted by atomic mass is 10.1. The van der Waals surface area contributed by atoms with Crippen LogP contribution in [-0.2, 0) is 13.0 Å². The zero-order valence-corrected chi connectivity index (χ0v) is 20.2. The molecule has 0 fully saturated rings. The Morgan fingerprint density at radius 1 is 1.17 bits per heavy atom. The highest BCUT2D eigenvalue weighted by molar-refractivity contribution is 6.35. The van der Waals surface area contributed by atoms with Crippen molar-refractivity contribution in [3.8, 4) is 0 Å². The Labute approximate surface area is 209 Å². The van der Waals surface area contributed by atoms with Crippen LogP contribution in [-0.4, -0.2) is 47.5 Å². The number of fused-ring (bicyclic) bond motifs is 3. The maximum Gasteiger partial charge on any atom is 0.255 e. The lowest BCUT2D eigenvalue weighted by Crippen LogP contribution is -2.35. The van der Waals surface area contributed by atoms with Crippen LogP contribution in [0.15, 0.2) is 42.9 Å². The molecule has 0 radical (unpaired) electrons. The highest BCUT2D eigenvalue weighted by Gasteiger charge is 2.25. The smallest absolute Gasteiger partial charge is 0.255 e. The number of aromatic amines is 2. The number of benzene rings is 2. The molecule has 4 heterocycles. The molecular weight excluding hydrogens is 487 g/mol. The van der Waals surface area contributed by atoms with Crippen LogP contribution in [0.5, 0.6) is 0 Å². The Hall–Kier alpha value is -3.69. The Kier molecular flexibility index (Phi) is 5.31. The third kappa shape index (κ3) is 3.96. The standard InChI is InChI=1S/C24H20Cl2N8O/c1-12(22-31-19-3-2-14(25)6-21(19)32-22)30-23-16-7-17(26)15(8-20(16)27-11-28-23)24(35)34-5-4-18-13(10-34)9-29-33-18/h2-3,6-9,11-12H,4-5,10H2,1H3,(H,29,33)(H,31,32)(H,27,28,30). The SMILES string of the molecule is CC(Nc1ncnc2cc(C(=O)N3CCc4[nH]ncc4C3)c(Cl)cc12)c1nc2ccc(Cl)cc2[nH]1. The van der Waals surface area contributed by atoms with Gasteiger partial charge in [-0.25, -0.2) is 15.0 Å². The van der Waals surface area contributed by atoms with Crippen LogP contribution < -0.4 is 5.32 Å². The van der Waals surface area contributed by atoms with Crippen LogP contribution in [0.3, 0.4) is 0 Å². The Balaban J connectivity index is 1.29. The van der Waals surface area contributed by atoms with Gasteiger partial charge in [0, 0.05) is 41.2 Å². The number of imidazole rings is 1. The molecule has 3 N–H and O–H groups in total. The number of nitrogens with zero attached hydrogens (tertiary/aromatic N) is 5. The summed E-state index contributed by atoms with van der Waals surface area (Å²) < 4.78 is 0. The molecular formula is C24H20Cl2N8O. The van der Waals surface area contributed by atoms with Gasteiger partial charge >= 0.3 is 0 Å². The first kappa shape index (κ1) is 21.8. The summed E-state index contributed by atoms with van der Waals surface area (Å²) in [4.78, 5) is 31.8. The van der Waals surface area contributed by atoms with E-state index in [9.17, 15) is 4.79 Å². The lowest BCUT2D eigenvalue weighted by Gasteiger charge is -2.27. The van der Waals surface area contributed by atoms with E-state index in [0.29, 0.717) is 40.0 Å². The van der Waals surface area contributed by atoms with E-state index >= 15 is 0 Å². The predicted molar refractivity (Wildman–Crippen MR) is 135 cm³/mol. The molecule has 0 saturated carbocycles. The average Bonchev–Trinajstić information content (AvgIpc) is 3.49. The summed E-state index contributed by atoms with van der Waals surface area (Å²) in [7, 11) is 0. The summed E-state index contributed by atoms with van der Waals surface area (Å²) in [6.45, 7) is 3.07. The summed E-state index contributed by atoms with van der Waals surface area (Å²) in [6.07, 6.45) is 3.96. The zero-order valence-electron chi connectivity index (χ0n) is 18.6. The predicted octanol–water partition coefficient (Wildman–Crippen LogP) is 4.91. The van der Waals surface area contributed by atoms with Crippen molar-refractivity contribution in [3.05, 3.63) is 75.5 Å². The molecule has 6 rings (SSSR count). The molecule has 3 aromatic heterocycles. The second-order valence-corrected chi connectivity index (χ2v) is 9.42. The quantitative estimate of drug-likeness (QED) is 0.319. The van der Waals surface area contributed by atoms with Gasteiger partial charge in [0.2, 0.25) is 0 Å². The first-order valence-electron chi connectivity index (χ1n) is 11.1. The first-order chi connectivity index (χ1) is 17.0. The lowest BCUT2D eigenvalue weighted by molar-refractivity contribution is 0.0734. The number of nitrogens with one attached hydrogen (secondary N) is 3. The van der Waals surface area contributed by atoms with Crippen LogP contribution >= 0.6 is 23.2 Å². The second-order valence-electron chi connectivity index (χ2n) is 8.57. The number of carbonyl (C=O) groups is 1. The van der Waals surface area contributed by atoms with Crippen LogP contribution in [0.2, 0.25) is 10.0 Å². The molecule has 0 spiro atoms. The van der Waals surface area contributed by atoms with E-state index in [1.807, 2.05) is 25.1 Å². The number of carbonyl (C=O) groups excluding carboxylic acids is 1. The summed E-state index contributed by atoms with van der Waals surface area (Å²) >= 11 is 12.7. The third-order valence-corrected chi connectivity index (χ3v) is 6.82. The Morgan fingerprint density at radius 3 is 2.94 bits per heavy atom. The average molecular weight is 507 g/mol. The molecule has 0 aliphatic carbocycles. The molecule has 1 amide bonds. The van der Waals surface area contributed by atoms with Gasteiger partial charge in [0.05, 0.1) is 39.4 Å². The minimum atomic E-state index is -0.183. The molecule has 9 nitrogen and oxygen atoms in total. The highest BCUT2D eigenvalue weighted by Crippen LogP contribution is 2.31. The van der Waals surface area contributed by atoms with Crippen molar-refractivity contribution in [1.29, 1.82) is 0 Å². The highest BCUT2D eigenvalue weighted by atomic mass is 35.5. The van der Waals surface area contributed by atoms with Crippen LogP contribution in [0, 0.1) is 0 Å². The van der Waals surface area contributed by atoms with Crippen LogP contribution in [0.4, 0.5) is 5.82 Å². The van der Waals surface area contributed by atoms with E-state index in [-0.39, 0.29) is 11.9 Å². The van der Waals surface area contributed by atoms with Gasteiger partial charge < -0.3 is 15.2 Å². The normalized spacial score (nSPS) is 14.3. The van der Waals surface area contributed by atoms with Gasteiger partial charge in [-0.2, -0.15) is 5.10 Å². The van der Waals surface area contributed by atoms with Crippen LogP contribution in [0.25, 0.3) is 21.9 Å². The molecule has 35 heavy (non-hydrogen) atoms. The maximum absolute atomic E-state index is 13.3. The van der Waals surface area contributed by atoms with Crippen LogP contribution in [0.1, 0.15) is 40.4 Å². The number of hydrogen-bond acceptors (Lipinski definition) is 6. The van der Waals surface area contributed by atoms with Gasteiger partial charge in [-0.1, -0.05) is 23.2 Å². The van der Waals surface area contributed by atoms with E-state index in [1.54, 1.807) is 23.2 Å². The largest absolute Gasteiger partial charge is 0.360 e. The van der Waals surface area contributed by atoms with Crippen molar-refractivity contribution < 1.29 is 4.79 Å². The van der Waals surface area contributed by atoms with Crippen molar-refractivity contribution in [3.63, 3.8) is 0 Å². The monoisotopic (exact) mass is 506 g/mol. The van der Waals surface area contributed by atoms with E-state index in [1.165, 1.54) is 6.33 Å². The molecule has 5 aromatic rings. The van der Waals surface area contributed by atoms with Gasteiger partial charge in [-0.15, -0.1) is 0 Å². The number of halogens is 2. The number of hydrogen-bond donors (Lipinski definition) is 3. The second kappa shape index (κ2) is 8.51. The fourth-order valence-corrected chi connectivity index (χ4v) is 4.82. The van der Waals surface area contributed by atoms with Gasteiger partial charge in [0.25, 0.3) is 5.91 Å². The van der Waals surface area contributed by atoms with Gasteiger partial charge in [-0.05, 0) is 37.3 Å². The van der Waals surface area contributed by atoms with Crippen molar-refractivity contribution in [1.82, 2.24) is 35.0 Å². The number of H-pyrrole nitrogens is 2. The molecule has 0 saturated heterocycles. The van der Waals surface area contributed by atoms with Gasteiger partial charge in [-0.3, -0.25) is 9.89 Å². The topological polar surface area (TPSA) is 115 Å². The van der Waals surface area contributed by atoms with Crippen molar-refractivity contribution >= 4 is 56.9 Å². The summed E-state index contributed by atoms with van der Waals surface area (Å²) in [6, 6.07) is 8.81. The maximum atomic E-state index is 13.3. The zero-order chi connectivity index (χ0) is 24.1.